The molecule has 0 bridgehead atoms. The molecule has 6 rings (SSSR count). The predicted octanol–water partition coefficient (Wildman–Crippen LogP) is 2.63. The standard InChI is InChI=1S/C23H26ClN7O2/c24-16-4-7-29-21(13-16)27-18(22(29)26-6-8-28-9-11-33-12-10-28)15-30-20-14-25-5-3-19(20)31(23(30)32)17-1-2-17/h3-5,7,13-14,17,26H,1-2,6,8-12,15H2. The molecule has 0 unspecified atom stereocenters. The summed E-state index contributed by atoms with van der Waals surface area (Å²) in [7, 11) is 0. The quantitative estimate of drug-likeness (QED) is 0.450. The zero-order chi connectivity index (χ0) is 22.4. The number of imidazole rings is 2. The number of nitrogens with one attached hydrogen (secondary N) is 1. The van der Waals surface area contributed by atoms with E-state index in [4.69, 9.17) is 21.3 Å². The number of aromatic nitrogens is 5. The Labute approximate surface area is 195 Å². The molecule has 1 aliphatic heterocycles. The fraction of sp³-hybridized carbons (Fsp3) is 0.435. The van der Waals surface area contributed by atoms with Gasteiger partial charge in [0.15, 0.2) is 0 Å². The Balaban J connectivity index is 1.36. The van der Waals surface area contributed by atoms with E-state index in [1.165, 1.54) is 0 Å². The molecule has 1 saturated carbocycles. The minimum absolute atomic E-state index is 0.00476. The first kappa shape index (κ1) is 20.7. The number of pyridine rings is 2. The molecule has 0 atom stereocenters. The van der Waals surface area contributed by atoms with E-state index in [1.54, 1.807) is 17.0 Å². The zero-order valence-corrected chi connectivity index (χ0v) is 19.0. The molecule has 2 aliphatic rings. The van der Waals surface area contributed by atoms with Crippen molar-refractivity contribution in [2.75, 3.05) is 44.7 Å². The molecule has 10 heteroatoms. The summed E-state index contributed by atoms with van der Waals surface area (Å²) in [6.45, 7) is 5.49. The van der Waals surface area contributed by atoms with Gasteiger partial charge in [0.2, 0.25) is 0 Å². The molecule has 2 fully saturated rings. The molecule has 0 radical (unpaired) electrons. The lowest BCUT2D eigenvalue weighted by Crippen LogP contribution is -2.39. The van der Waals surface area contributed by atoms with E-state index >= 15 is 0 Å². The van der Waals surface area contributed by atoms with Gasteiger partial charge in [-0.2, -0.15) is 0 Å². The lowest BCUT2D eigenvalue weighted by Gasteiger charge is -2.26. The SMILES string of the molecule is O=c1n(Cc2nc3cc(Cl)ccn3c2NCCN2CCOCC2)c2cnccc2n1C1CC1. The molecule has 0 aromatic carbocycles. The van der Waals surface area contributed by atoms with Crippen LogP contribution in [-0.4, -0.2) is 67.8 Å². The average Bonchev–Trinajstić information content (AvgIpc) is 3.55. The van der Waals surface area contributed by atoms with E-state index in [0.29, 0.717) is 11.6 Å². The number of hydrogen-bond donors (Lipinski definition) is 1. The van der Waals surface area contributed by atoms with Gasteiger partial charge < -0.3 is 10.1 Å². The maximum Gasteiger partial charge on any atom is 0.329 e. The van der Waals surface area contributed by atoms with Gasteiger partial charge in [0.1, 0.15) is 17.2 Å². The molecule has 33 heavy (non-hydrogen) atoms. The molecule has 4 aromatic rings. The van der Waals surface area contributed by atoms with Crippen LogP contribution in [0, 0.1) is 0 Å². The second-order valence-electron chi connectivity index (χ2n) is 8.70. The Bertz CT molecular complexity index is 1360. The second-order valence-corrected chi connectivity index (χ2v) is 9.13. The van der Waals surface area contributed by atoms with Gasteiger partial charge in [0.25, 0.3) is 0 Å². The summed E-state index contributed by atoms with van der Waals surface area (Å²) in [4.78, 5) is 24.9. The first-order chi connectivity index (χ1) is 16.2. The van der Waals surface area contributed by atoms with Crippen LogP contribution in [0.15, 0.2) is 41.6 Å². The van der Waals surface area contributed by atoms with Crippen molar-refractivity contribution in [2.24, 2.45) is 0 Å². The Kier molecular flexibility index (Phi) is 5.32. The van der Waals surface area contributed by atoms with Gasteiger partial charge in [0, 0.05) is 55.7 Å². The molecule has 0 spiro atoms. The molecule has 1 aliphatic carbocycles. The number of nitrogens with zero attached hydrogens (tertiary/aromatic N) is 6. The highest BCUT2D eigenvalue weighted by molar-refractivity contribution is 6.30. The van der Waals surface area contributed by atoms with Crippen molar-refractivity contribution in [3.63, 3.8) is 0 Å². The van der Waals surface area contributed by atoms with Crippen LogP contribution in [0.5, 0.6) is 0 Å². The average molecular weight is 468 g/mol. The molecule has 1 saturated heterocycles. The van der Waals surface area contributed by atoms with Crippen LogP contribution in [0.4, 0.5) is 5.82 Å². The van der Waals surface area contributed by atoms with E-state index in [9.17, 15) is 4.79 Å². The van der Waals surface area contributed by atoms with Crippen molar-refractivity contribution < 1.29 is 4.74 Å². The summed E-state index contributed by atoms with van der Waals surface area (Å²) >= 11 is 6.24. The number of anilines is 1. The highest BCUT2D eigenvalue weighted by atomic mass is 35.5. The summed E-state index contributed by atoms with van der Waals surface area (Å²) < 4.78 is 11.2. The first-order valence-corrected chi connectivity index (χ1v) is 11.8. The Morgan fingerprint density at radius 3 is 2.85 bits per heavy atom. The van der Waals surface area contributed by atoms with Gasteiger partial charge in [-0.15, -0.1) is 0 Å². The number of rotatable bonds is 7. The summed E-state index contributed by atoms with van der Waals surface area (Å²) in [6.07, 6.45) is 7.53. The van der Waals surface area contributed by atoms with Crippen molar-refractivity contribution in [1.82, 2.24) is 28.4 Å². The fourth-order valence-electron chi connectivity index (χ4n) is 4.64. The van der Waals surface area contributed by atoms with Crippen LogP contribution in [0.2, 0.25) is 5.02 Å². The third-order valence-corrected chi connectivity index (χ3v) is 6.70. The van der Waals surface area contributed by atoms with Crippen LogP contribution >= 0.6 is 11.6 Å². The Morgan fingerprint density at radius 1 is 1.18 bits per heavy atom. The largest absolute Gasteiger partial charge is 0.379 e. The van der Waals surface area contributed by atoms with Gasteiger partial charge >= 0.3 is 5.69 Å². The van der Waals surface area contributed by atoms with Crippen molar-refractivity contribution in [1.29, 1.82) is 0 Å². The van der Waals surface area contributed by atoms with E-state index in [1.807, 2.05) is 33.4 Å². The molecule has 0 amide bonds. The van der Waals surface area contributed by atoms with Crippen molar-refractivity contribution >= 4 is 34.1 Å². The molecule has 4 aromatic heterocycles. The zero-order valence-electron chi connectivity index (χ0n) is 18.3. The number of hydrogen-bond acceptors (Lipinski definition) is 6. The van der Waals surface area contributed by atoms with Gasteiger partial charge in [-0.1, -0.05) is 11.6 Å². The summed E-state index contributed by atoms with van der Waals surface area (Å²) in [5.74, 6) is 0.887. The number of fused-ring (bicyclic) bond motifs is 2. The molecule has 1 N–H and O–H groups in total. The van der Waals surface area contributed by atoms with Gasteiger partial charge in [-0.25, -0.2) is 9.78 Å². The second kappa shape index (κ2) is 8.48. The lowest BCUT2D eigenvalue weighted by atomic mass is 10.3. The van der Waals surface area contributed by atoms with E-state index in [2.05, 4.69) is 15.2 Å². The minimum atomic E-state index is -0.00476. The van der Waals surface area contributed by atoms with Crippen LogP contribution in [0.3, 0.4) is 0 Å². The van der Waals surface area contributed by atoms with Gasteiger partial charge in [-0.3, -0.25) is 23.4 Å². The lowest BCUT2D eigenvalue weighted by molar-refractivity contribution is 0.0398. The summed E-state index contributed by atoms with van der Waals surface area (Å²) in [5, 5.41) is 4.20. The topological polar surface area (TPSA) is 81.6 Å². The maximum atomic E-state index is 13.4. The predicted molar refractivity (Wildman–Crippen MR) is 127 cm³/mol. The van der Waals surface area contributed by atoms with Crippen LogP contribution in [-0.2, 0) is 11.3 Å². The Hall–Kier alpha value is -2.88. The fourth-order valence-corrected chi connectivity index (χ4v) is 4.79. The summed E-state index contributed by atoms with van der Waals surface area (Å²) in [6, 6.07) is 5.91. The molecular formula is C23H26ClN7O2. The van der Waals surface area contributed by atoms with Crippen LogP contribution in [0.1, 0.15) is 24.6 Å². The first-order valence-electron chi connectivity index (χ1n) is 11.4. The monoisotopic (exact) mass is 467 g/mol. The van der Waals surface area contributed by atoms with Crippen molar-refractivity contribution in [3.8, 4) is 0 Å². The van der Waals surface area contributed by atoms with Crippen molar-refractivity contribution in [2.45, 2.75) is 25.4 Å². The third-order valence-electron chi connectivity index (χ3n) is 6.47. The third kappa shape index (κ3) is 3.90. The normalized spacial score (nSPS) is 17.2. The molecule has 5 heterocycles. The maximum absolute atomic E-state index is 13.4. The van der Waals surface area contributed by atoms with Gasteiger partial charge in [-0.05, 0) is 25.0 Å². The van der Waals surface area contributed by atoms with E-state index in [-0.39, 0.29) is 11.7 Å². The molecule has 172 valence electrons. The minimum Gasteiger partial charge on any atom is -0.379 e. The highest BCUT2D eigenvalue weighted by Gasteiger charge is 2.29. The Morgan fingerprint density at radius 2 is 2.03 bits per heavy atom. The van der Waals surface area contributed by atoms with Gasteiger partial charge in [0.05, 0.1) is 37.0 Å². The van der Waals surface area contributed by atoms with Crippen LogP contribution < -0.4 is 11.0 Å². The smallest absolute Gasteiger partial charge is 0.329 e. The molecule has 9 nitrogen and oxygen atoms in total. The van der Waals surface area contributed by atoms with Crippen LogP contribution in [0.25, 0.3) is 16.7 Å². The highest BCUT2D eigenvalue weighted by Crippen LogP contribution is 2.36. The van der Waals surface area contributed by atoms with Crippen molar-refractivity contribution in [3.05, 3.63) is 58.0 Å². The number of ether oxygens (including phenoxy) is 1. The number of halogens is 1. The molecular weight excluding hydrogens is 442 g/mol. The van der Waals surface area contributed by atoms with E-state index in [0.717, 1.165) is 80.4 Å². The number of morpholine rings is 1. The van der Waals surface area contributed by atoms with E-state index < -0.39 is 0 Å². The summed E-state index contributed by atoms with van der Waals surface area (Å²) in [5.41, 5.74) is 3.33.